The summed E-state index contributed by atoms with van der Waals surface area (Å²) < 4.78 is 34.4. The molecule has 0 unspecified atom stereocenters. The number of ether oxygens (including phenoxy) is 4. The summed E-state index contributed by atoms with van der Waals surface area (Å²) in [5.41, 5.74) is 4.37. The van der Waals surface area contributed by atoms with Gasteiger partial charge in [0.05, 0.1) is 25.1 Å². The highest BCUT2D eigenvalue weighted by molar-refractivity contribution is 6.30. The van der Waals surface area contributed by atoms with E-state index in [9.17, 15) is 0 Å². The number of benzene rings is 2. The van der Waals surface area contributed by atoms with Crippen LogP contribution in [0.2, 0.25) is 5.02 Å². The Morgan fingerprint density at radius 2 is 1.98 bits per heavy atom. The summed E-state index contributed by atoms with van der Waals surface area (Å²) in [7, 11) is 3.67. The lowest BCUT2D eigenvalue weighted by Crippen LogP contribution is -2.34. The van der Waals surface area contributed by atoms with Crippen LogP contribution in [-0.4, -0.2) is 52.8 Å². The van der Waals surface area contributed by atoms with Gasteiger partial charge in [0.2, 0.25) is 0 Å². The summed E-state index contributed by atoms with van der Waals surface area (Å²) in [6, 6.07) is 12.1. The van der Waals surface area contributed by atoms with Crippen LogP contribution in [0.25, 0.3) is 11.0 Å². The Hall–Kier alpha value is -3.33. The lowest BCUT2D eigenvalue weighted by Gasteiger charge is -2.32. The Morgan fingerprint density at radius 3 is 2.73 bits per heavy atom. The maximum absolute atomic E-state index is 8.43. The van der Waals surface area contributed by atoms with Crippen molar-refractivity contribution in [2.45, 2.75) is 44.9 Å². The number of hydrogen-bond donors (Lipinski definition) is 0. The number of piperidine rings is 1. The molecule has 0 N–H and O–H groups in total. The van der Waals surface area contributed by atoms with Crippen LogP contribution in [0.5, 0.6) is 17.2 Å². The molecule has 4 aromatic rings. The van der Waals surface area contributed by atoms with E-state index in [-0.39, 0.29) is 0 Å². The molecule has 0 saturated carbocycles. The van der Waals surface area contributed by atoms with Crippen molar-refractivity contribution in [3.63, 3.8) is 0 Å². The van der Waals surface area contributed by atoms with E-state index in [1.54, 1.807) is 19.4 Å². The third-order valence-corrected chi connectivity index (χ3v) is 8.17. The molecule has 0 aliphatic carbocycles. The Morgan fingerprint density at radius 1 is 1.15 bits per heavy atom. The van der Waals surface area contributed by atoms with E-state index < -0.39 is 5.79 Å². The van der Waals surface area contributed by atoms with E-state index in [2.05, 4.69) is 20.5 Å². The van der Waals surface area contributed by atoms with Crippen molar-refractivity contribution in [3.05, 3.63) is 76.3 Å². The number of rotatable bonds is 8. The number of fused-ring (bicyclic) bond motifs is 2. The number of hydrogen-bond acceptors (Lipinski definition) is 7. The molecule has 0 spiro atoms. The van der Waals surface area contributed by atoms with E-state index in [0.29, 0.717) is 41.6 Å². The fourth-order valence-corrected chi connectivity index (χ4v) is 5.79. The van der Waals surface area contributed by atoms with Gasteiger partial charge in [-0.2, -0.15) is 0 Å². The SMILES string of the molecule is [2H]c1cc2c(nc(CN3CCC(c4cccc5c4O[C@@](C)(c4ccc(Cl)cn4)O5)CC3)n2C)c(OCCOC)c1C. The standard InChI is InChI=1S/C31H35ClN4O4/c1-20-8-10-24-28(29(20)38-17-16-37-4)34-27(35(24)3)19-36-14-12-21(13-15-36)23-6-5-7-25-30(23)40-31(2,39-25)26-11-9-22(32)18-33-26/h5-11,18,21H,12-17,19H2,1-4H3/t31-/m0/s1/i8D. The molecule has 2 aliphatic heterocycles. The van der Waals surface area contributed by atoms with Crippen molar-refractivity contribution in [3.8, 4) is 17.2 Å². The number of pyridine rings is 1. The van der Waals surface area contributed by atoms with Crippen molar-refractivity contribution < 1.29 is 20.3 Å². The summed E-state index contributed by atoms with van der Waals surface area (Å²) in [6.07, 6.45) is 3.61. The van der Waals surface area contributed by atoms with E-state index in [1.807, 2.05) is 45.2 Å². The molecule has 1 fully saturated rings. The topological polar surface area (TPSA) is 70.9 Å². The predicted octanol–water partition coefficient (Wildman–Crippen LogP) is 5.98. The third-order valence-electron chi connectivity index (χ3n) is 7.94. The molecule has 0 bridgehead atoms. The fourth-order valence-electron chi connectivity index (χ4n) is 5.68. The first-order valence-electron chi connectivity index (χ1n) is 14.2. The lowest BCUT2D eigenvalue weighted by molar-refractivity contribution is -0.0722. The maximum Gasteiger partial charge on any atom is 0.292 e. The molecule has 9 heteroatoms. The van der Waals surface area contributed by atoms with E-state index in [4.69, 9.17) is 36.9 Å². The van der Waals surface area contributed by atoms with Crippen LogP contribution in [-0.2, 0) is 24.1 Å². The predicted molar refractivity (Wildman–Crippen MR) is 154 cm³/mol. The van der Waals surface area contributed by atoms with Crippen LogP contribution in [0.1, 0.15) is 49.7 Å². The molecule has 8 nitrogen and oxygen atoms in total. The molecule has 2 aromatic heterocycles. The number of likely N-dealkylation sites (tertiary alicyclic amines) is 1. The first-order valence-corrected chi connectivity index (χ1v) is 14.1. The monoisotopic (exact) mass is 563 g/mol. The zero-order chi connectivity index (χ0) is 28.7. The third kappa shape index (κ3) is 5.00. The summed E-state index contributed by atoms with van der Waals surface area (Å²) in [5, 5.41) is 0.575. The molecular weight excluding hydrogens is 528 g/mol. The van der Waals surface area contributed by atoms with Gasteiger partial charge in [0.15, 0.2) is 11.5 Å². The van der Waals surface area contributed by atoms with Crippen molar-refractivity contribution in [2.24, 2.45) is 7.05 Å². The van der Waals surface area contributed by atoms with Crippen molar-refractivity contribution >= 4 is 22.6 Å². The molecule has 6 rings (SSSR count). The normalized spacial score (nSPS) is 19.8. The highest BCUT2D eigenvalue weighted by Crippen LogP contribution is 2.49. The largest absolute Gasteiger partial charge is 0.489 e. The Balaban J connectivity index is 1.16. The highest BCUT2D eigenvalue weighted by Gasteiger charge is 2.42. The number of para-hydroxylation sites is 1. The minimum absolute atomic E-state index is 0.361. The molecule has 1 atom stereocenters. The lowest BCUT2D eigenvalue weighted by atomic mass is 9.88. The molecule has 210 valence electrons. The molecule has 0 radical (unpaired) electrons. The van der Waals surface area contributed by atoms with Gasteiger partial charge in [-0.1, -0.05) is 29.8 Å². The highest BCUT2D eigenvalue weighted by atomic mass is 35.5. The van der Waals surface area contributed by atoms with Gasteiger partial charge < -0.3 is 23.5 Å². The van der Waals surface area contributed by atoms with E-state index in [1.165, 1.54) is 5.56 Å². The first kappa shape index (κ1) is 25.6. The molecule has 0 amide bonds. The van der Waals surface area contributed by atoms with Crippen LogP contribution < -0.4 is 14.2 Å². The second-order valence-electron chi connectivity index (χ2n) is 10.6. The summed E-state index contributed by atoms with van der Waals surface area (Å²) in [4.78, 5) is 11.9. The number of methoxy groups -OCH3 is 1. The number of imidazole rings is 1. The number of aromatic nitrogens is 3. The zero-order valence-corrected chi connectivity index (χ0v) is 24.1. The molecule has 40 heavy (non-hydrogen) atoms. The van der Waals surface area contributed by atoms with Crippen LogP contribution in [0.3, 0.4) is 0 Å². The van der Waals surface area contributed by atoms with E-state index >= 15 is 0 Å². The first-order chi connectivity index (χ1) is 19.8. The minimum atomic E-state index is -0.993. The second kappa shape index (κ2) is 10.9. The van der Waals surface area contributed by atoms with Gasteiger partial charge in [-0.05, 0) is 68.6 Å². The van der Waals surface area contributed by atoms with Gasteiger partial charge in [0.1, 0.15) is 29.4 Å². The van der Waals surface area contributed by atoms with Gasteiger partial charge in [0.25, 0.3) is 5.79 Å². The number of nitrogens with zero attached hydrogens (tertiary/aromatic N) is 4. The zero-order valence-electron chi connectivity index (χ0n) is 24.4. The summed E-state index contributed by atoms with van der Waals surface area (Å²) >= 11 is 6.04. The van der Waals surface area contributed by atoms with Crippen molar-refractivity contribution in [1.82, 2.24) is 19.4 Å². The molecule has 2 aromatic carbocycles. The molecular formula is C31H35ClN4O4. The second-order valence-corrected chi connectivity index (χ2v) is 11.1. The van der Waals surface area contributed by atoms with Crippen LogP contribution in [0.4, 0.5) is 0 Å². The summed E-state index contributed by atoms with van der Waals surface area (Å²) in [5.74, 6) is 2.56. The van der Waals surface area contributed by atoms with Gasteiger partial charge >= 0.3 is 0 Å². The van der Waals surface area contributed by atoms with Crippen LogP contribution in [0, 0.1) is 6.92 Å². The van der Waals surface area contributed by atoms with Gasteiger partial charge in [-0.25, -0.2) is 4.98 Å². The van der Waals surface area contributed by atoms with Gasteiger partial charge in [-0.15, -0.1) is 0 Å². The minimum Gasteiger partial charge on any atom is -0.489 e. The van der Waals surface area contributed by atoms with Gasteiger partial charge in [-0.3, -0.25) is 9.88 Å². The van der Waals surface area contributed by atoms with Crippen LogP contribution in [0.15, 0.2) is 48.6 Å². The quantitative estimate of drug-likeness (QED) is 0.244. The molecule has 2 aliphatic rings. The average molecular weight is 564 g/mol. The Labute approximate surface area is 241 Å². The van der Waals surface area contributed by atoms with Crippen LogP contribution >= 0.6 is 11.6 Å². The smallest absolute Gasteiger partial charge is 0.292 e. The number of halogens is 1. The number of aryl methyl sites for hydroxylation is 1. The average Bonchev–Trinajstić information content (AvgIpc) is 3.48. The van der Waals surface area contributed by atoms with Crippen molar-refractivity contribution in [2.75, 3.05) is 33.4 Å². The Bertz CT molecular complexity index is 1570. The Kier molecular flexibility index (Phi) is 6.99. The maximum atomic E-state index is 8.43. The fraction of sp³-hybridized carbons (Fsp3) is 0.419. The molecule has 4 heterocycles. The molecule has 1 saturated heterocycles. The van der Waals surface area contributed by atoms with Gasteiger partial charge in [0, 0.05) is 32.8 Å². The van der Waals surface area contributed by atoms with E-state index in [0.717, 1.165) is 66.4 Å². The summed E-state index contributed by atoms with van der Waals surface area (Å²) in [6.45, 7) is 7.31. The van der Waals surface area contributed by atoms with Crippen molar-refractivity contribution in [1.29, 1.82) is 0 Å².